The summed E-state index contributed by atoms with van der Waals surface area (Å²) in [7, 11) is 0. The topological polar surface area (TPSA) is 26.3 Å². The smallest absolute Gasteiger partial charge is 0.173 e. The van der Waals surface area contributed by atoms with E-state index in [0.717, 1.165) is 22.4 Å². The number of aryl methyl sites for hydroxylation is 1. The van der Waals surface area contributed by atoms with Crippen molar-refractivity contribution in [2.45, 2.75) is 12.8 Å². The van der Waals surface area contributed by atoms with E-state index in [2.05, 4.69) is 0 Å². The Hall–Kier alpha value is -2.09. The number of carbonyl (C=O) groups is 1. The first kappa shape index (κ1) is 11.0. The minimum absolute atomic E-state index is 0.142. The number of para-hydroxylation sites is 1. The number of hydrogen-bond acceptors (Lipinski definition) is 2. The van der Waals surface area contributed by atoms with Crippen LogP contribution >= 0.6 is 0 Å². The highest BCUT2D eigenvalue weighted by Gasteiger charge is 2.30. The van der Waals surface area contributed by atoms with Crippen LogP contribution in [0, 0.1) is 6.92 Å². The maximum absolute atomic E-state index is 12.5. The van der Waals surface area contributed by atoms with Crippen molar-refractivity contribution in [2.75, 3.05) is 6.61 Å². The van der Waals surface area contributed by atoms with Gasteiger partial charge >= 0.3 is 0 Å². The molecule has 0 aromatic heterocycles. The third-order valence-electron chi connectivity index (χ3n) is 3.32. The molecule has 3 rings (SSSR count). The molecule has 0 bridgehead atoms. The van der Waals surface area contributed by atoms with E-state index in [1.54, 1.807) is 0 Å². The molecule has 2 nitrogen and oxygen atoms in total. The Morgan fingerprint density at radius 3 is 2.83 bits per heavy atom. The van der Waals surface area contributed by atoms with Gasteiger partial charge in [0.15, 0.2) is 5.78 Å². The van der Waals surface area contributed by atoms with Crippen LogP contribution in [0.2, 0.25) is 0 Å². The molecule has 0 fully saturated rings. The molecule has 0 N–H and O–H groups in total. The second-order valence-electron chi connectivity index (χ2n) is 4.64. The van der Waals surface area contributed by atoms with Crippen molar-refractivity contribution in [3.05, 3.63) is 65.2 Å². The van der Waals surface area contributed by atoms with Gasteiger partial charge in [0.05, 0.1) is 5.92 Å². The van der Waals surface area contributed by atoms with Gasteiger partial charge in [-0.05, 0) is 19.1 Å². The van der Waals surface area contributed by atoms with E-state index >= 15 is 0 Å². The lowest BCUT2D eigenvalue weighted by atomic mass is 9.92. The number of Topliss-reactive ketones (excluding diaryl/α,β-unsaturated/α-hetero) is 1. The molecule has 18 heavy (non-hydrogen) atoms. The lowest BCUT2D eigenvalue weighted by Gasteiger charge is -2.08. The van der Waals surface area contributed by atoms with Gasteiger partial charge in [-0.15, -0.1) is 0 Å². The van der Waals surface area contributed by atoms with Crippen molar-refractivity contribution in [3.63, 3.8) is 0 Å². The Kier molecular flexibility index (Phi) is 2.63. The molecule has 2 heteroatoms. The zero-order valence-corrected chi connectivity index (χ0v) is 10.2. The highest BCUT2D eigenvalue weighted by Crippen LogP contribution is 2.35. The molecule has 2 aromatic carbocycles. The van der Waals surface area contributed by atoms with Crippen molar-refractivity contribution in [1.82, 2.24) is 0 Å². The Morgan fingerprint density at radius 1 is 1.17 bits per heavy atom. The van der Waals surface area contributed by atoms with Crippen molar-refractivity contribution >= 4 is 5.78 Å². The van der Waals surface area contributed by atoms with Crippen LogP contribution in [-0.4, -0.2) is 12.4 Å². The second kappa shape index (κ2) is 4.30. The molecule has 1 aliphatic heterocycles. The van der Waals surface area contributed by atoms with Crippen LogP contribution in [0.4, 0.5) is 0 Å². The van der Waals surface area contributed by atoms with E-state index in [4.69, 9.17) is 4.74 Å². The van der Waals surface area contributed by atoms with E-state index in [9.17, 15) is 4.79 Å². The summed E-state index contributed by atoms with van der Waals surface area (Å²) in [6, 6.07) is 15.5. The van der Waals surface area contributed by atoms with Gasteiger partial charge < -0.3 is 4.74 Å². The third kappa shape index (κ3) is 1.80. The highest BCUT2D eigenvalue weighted by molar-refractivity contribution is 6.02. The zero-order valence-electron chi connectivity index (χ0n) is 10.2. The molecular weight excluding hydrogens is 224 g/mol. The van der Waals surface area contributed by atoms with Crippen molar-refractivity contribution in [2.24, 2.45) is 0 Å². The predicted octanol–water partition coefficient (Wildman–Crippen LogP) is 3.35. The SMILES string of the molecule is Cc1cccc(C(=O)C2COc3ccccc32)c1. The quantitative estimate of drug-likeness (QED) is 0.750. The number of hydrogen-bond donors (Lipinski definition) is 0. The molecule has 0 saturated carbocycles. The number of ether oxygens (including phenoxy) is 1. The van der Waals surface area contributed by atoms with Crippen LogP contribution in [0.5, 0.6) is 5.75 Å². The third-order valence-corrected chi connectivity index (χ3v) is 3.32. The van der Waals surface area contributed by atoms with Gasteiger partial charge in [-0.25, -0.2) is 0 Å². The second-order valence-corrected chi connectivity index (χ2v) is 4.64. The number of benzene rings is 2. The highest BCUT2D eigenvalue weighted by atomic mass is 16.5. The van der Waals surface area contributed by atoms with Gasteiger partial charge in [0.1, 0.15) is 12.4 Å². The van der Waals surface area contributed by atoms with Gasteiger partial charge in [-0.3, -0.25) is 4.79 Å². The molecule has 1 aliphatic rings. The fourth-order valence-corrected chi connectivity index (χ4v) is 2.38. The standard InChI is InChI=1S/C16H14O2/c1-11-5-4-6-12(9-11)16(17)14-10-18-15-8-3-2-7-13(14)15/h2-9,14H,10H2,1H3. The number of ketones is 1. The Bertz CT molecular complexity index is 602. The maximum Gasteiger partial charge on any atom is 0.173 e. The lowest BCUT2D eigenvalue weighted by Crippen LogP contribution is -2.14. The summed E-state index contributed by atoms with van der Waals surface area (Å²) >= 11 is 0. The minimum Gasteiger partial charge on any atom is -0.492 e. The summed E-state index contributed by atoms with van der Waals surface area (Å²) in [4.78, 5) is 12.5. The summed E-state index contributed by atoms with van der Waals surface area (Å²) in [5.41, 5.74) is 2.87. The molecule has 0 spiro atoms. The number of fused-ring (bicyclic) bond motifs is 1. The van der Waals surface area contributed by atoms with Gasteiger partial charge in [0, 0.05) is 11.1 Å². The first-order chi connectivity index (χ1) is 8.75. The van der Waals surface area contributed by atoms with Crippen molar-refractivity contribution < 1.29 is 9.53 Å². The van der Waals surface area contributed by atoms with E-state index in [1.165, 1.54) is 0 Å². The first-order valence-electron chi connectivity index (χ1n) is 6.08. The molecule has 1 unspecified atom stereocenters. The van der Waals surface area contributed by atoms with Crippen molar-refractivity contribution in [1.29, 1.82) is 0 Å². The minimum atomic E-state index is -0.164. The predicted molar refractivity (Wildman–Crippen MR) is 70.2 cm³/mol. The molecule has 1 atom stereocenters. The van der Waals surface area contributed by atoms with Gasteiger partial charge in [-0.1, -0.05) is 42.0 Å². The molecule has 0 radical (unpaired) electrons. The fourth-order valence-electron chi connectivity index (χ4n) is 2.38. The van der Waals surface area contributed by atoms with Gasteiger partial charge in [0.2, 0.25) is 0 Å². The largest absolute Gasteiger partial charge is 0.492 e. The van der Waals surface area contributed by atoms with Crippen LogP contribution < -0.4 is 4.74 Å². The number of rotatable bonds is 2. The summed E-state index contributed by atoms with van der Waals surface area (Å²) in [6.45, 7) is 2.45. The zero-order chi connectivity index (χ0) is 12.5. The van der Waals surface area contributed by atoms with Crippen LogP contribution in [0.3, 0.4) is 0 Å². The molecule has 90 valence electrons. The van der Waals surface area contributed by atoms with Crippen LogP contribution in [0.25, 0.3) is 0 Å². The molecule has 0 amide bonds. The summed E-state index contributed by atoms with van der Waals surface area (Å²) in [5.74, 6) is 0.815. The van der Waals surface area contributed by atoms with E-state index in [0.29, 0.717) is 6.61 Å². The average molecular weight is 238 g/mol. The number of carbonyl (C=O) groups excluding carboxylic acids is 1. The maximum atomic E-state index is 12.5. The van der Waals surface area contributed by atoms with Crippen LogP contribution in [-0.2, 0) is 0 Å². The van der Waals surface area contributed by atoms with Crippen LogP contribution in [0.1, 0.15) is 27.4 Å². The molecular formula is C16H14O2. The Labute approximate surface area is 106 Å². The average Bonchev–Trinajstić information content (AvgIpc) is 2.82. The molecule has 0 aliphatic carbocycles. The first-order valence-corrected chi connectivity index (χ1v) is 6.08. The summed E-state index contributed by atoms with van der Waals surface area (Å²) in [5, 5.41) is 0. The normalized spacial score (nSPS) is 17.1. The van der Waals surface area contributed by atoms with E-state index < -0.39 is 0 Å². The lowest BCUT2D eigenvalue weighted by molar-refractivity contribution is 0.0947. The molecule has 2 aromatic rings. The molecule has 0 saturated heterocycles. The summed E-state index contributed by atoms with van der Waals surface area (Å²) < 4.78 is 5.56. The van der Waals surface area contributed by atoms with Crippen molar-refractivity contribution in [3.8, 4) is 5.75 Å². The summed E-state index contributed by atoms with van der Waals surface area (Å²) in [6.07, 6.45) is 0. The molecule has 1 heterocycles. The van der Waals surface area contributed by atoms with Gasteiger partial charge in [-0.2, -0.15) is 0 Å². The monoisotopic (exact) mass is 238 g/mol. The van der Waals surface area contributed by atoms with E-state index in [-0.39, 0.29) is 11.7 Å². The van der Waals surface area contributed by atoms with E-state index in [1.807, 2.05) is 55.5 Å². The fraction of sp³-hybridized carbons (Fsp3) is 0.188. The Morgan fingerprint density at radius 2 is 2.00 bits per heavy atom. The Balaban J connectivity index is 1.96. The van der Waals surface area contributed by atoms with Crippen LogP contribution in [0.15, 0.2) is 48.5 Å². The van der Waals surface area contributed by atoms with Gasteiger partial charge in [0.25, 0.3) is 0 Å².